The fourth-order valence-corrected chi connectivity index (χ4v) is 10.9. The average Bonchev–Trinajstić information content (AvgIpc) is 3.57. The summed E-state index contributed by atoms with van der Waals surface area (Å²) in [5, 5.41) is 5.19. The molecule has 9 rings (SSSR count). The van der Waals surface area contributed by atoms with E-state index in [2.05, 4.69) is 47.0 Å². The number of aromatic nitrogens is 1. The molecule has 7 heterocycles. The van der Waals surface area contributed by atoms with Gasteiger partial charge in [-0.25, -0.2) is 9.83 Å². The number of nitrogens with one attached hydrogen (secondary N) is 2. The minimum absolute atomic E-state index is 0.0897. The molecule has 67 heavy (non-hydrogen) atoms. The third-order valence-electron chi connectivity index (χ3n) is 14.9. The number of alkyl halides is 3. The van der Waals surface area contributed by atoms with Crippen LogP contribution in [-0.2, 0) is 20.6 Å². The van der Waals surface area contributed by atoms with Gasteiger partial charge < -0.3 is 24.9 Å². The van der Waals surface area contributed by atoms with Gasteiger partial charge in [-0.15, -0.1) is 0 Å². The molecule has 15 nitrogen and oxygen atoms in total. The number of amides is 5. The van der Waals surface area contributed by atoms with Crippen LogP contribution in [0.15, 0.2) is 54.7 Å². The van der Waals surface area contributed by atoms with Crippen molar-refractivity contribution in [3.63, 3.8) is 0 Å². The van der Waals surface area contributed by atoms with Crippen molar-refractivity contribution >= 4 is 58.1 Å². The second-order valence-electron chi connectivity index (χ2n) is 19.1. The molecule has 1 unspecified atom stereocenters. The van der Waals surface area contributed by atoms with Crippen LogP contribution in [0.2, 0.25) is 0 Å². The fourth-order valence-electron chi connectivity index (χ4n) is 10.9. The van der Waals surface area contributed by atoms with E-state index in [4.69, 9.17) is 6.57 Å². The SMILES string of the molecule is [C-]#[N+]c1ccc(N2CCC(C(=O)Nc3ccc(N4CCC(CN5CCN(CC6CCN(c7ccc8c(c7)C(=O)N(C7CCC(=O)NC7=O)C8=O)CC6)[C@H](C)C5)CC4)cn3)CC2)cc1C(F)(F)F. The normalized spacial score (nSPS) is 23.1. The fraction of sp³-hybridized carbons (Fsp3) is 0.531. The molecule has 2 aromatic carbocycles. The Morgan fingerprint density at radius 3 is 2.00 bits per heavy atom. The van der Waals surface area contributed by atoms with Crippen LogP contribution in [-0.4, -0.2) is 133 Å². The van der Waals surface area contributed by atoms with E-state index in [1.165, 1.54) is 12.1 Å². The first kappa shape index (κ1) is 46.1. The summed E-state index contributed by atoms with van der Waals surface area (Å²) >= 11 is 0. The molecule has 18 heteroatoms. The van der Waals surface area contributed by atoms with Gasteiger partial charge in [0.25, 0.3) is 11.8 Å². The monoisotopic (exact) mass is 922 g/mol. The number of carbonyl (C=O) groups excluding carboxylic acids is 5. The minimum Gasteiger partial charge on any atom is -0.372 e. The van der Waals surface area contributed by atoms with Crippen molar-refractivity contribution in [3.8, 4) is 0 Å². The summed E-state index contributed by atoms with van der Waals surface area (Å²) < 4.78 is 40.5. The maximum atomic E-state index is 13.5. The summed E-state index contributed by atoms with van der Waals surface area (Å²) in [5.74, 6) is -0.722. The lowest BCUT2D eigenvalue weighted by atomic mass is 9.93. The molecule has 0 saturated carbocycles. The van der Waals surface area contributed by atoms with E-state index in [-0.39, 0.29) is 24.7 Å². The van der Waals surface area contributed by atoms with Crippen molar-refractivity contribution in [1.82, 2.24) is 25.0 Å². The van der Waals surface area contributed by atoms with Gasteiger partial charge in [-0.05, 0) is 106 Å². The van der Waals surface area contributed by atoms with Crippen LogP contribution in [0.25, 0.3) is 4.85 Å². The van der Waals surface area contributed by atoms with Crippen LogP contribution < -0.4 is 25.3 Å². The summed E-state index contributed by atoms with van der Waals surface area (Å²) in [6.45, 7) is 19.2. The topological polar surface area (TPSA) is 146 Å². The Labute approximate surface area is 388 Å². The van der Waals surface area contributed by atoms with E-state index in [0.29, 0.717) is 66.4 Å². The van der Waals surface area contributed by atoms with Crippen molar-refractivity contribution in [2.24, 2.45) is 17.8 Å². The molecule has 3 aromatic rings. The van der Waals surface area contributed by atoms with Crippen molar-refractivity contribution in [1.29, 1.82) is 0 Å². The number of nitrogens with zero attached hydrogens (tertiary/aromatic N) is 8. The number of piperazine rings is 1. The predicted molar refractivity (Wildman–Crippen MR) is 246 cm³/mol. The molecule has 2 atom stereocenters. The molecule has 1 aromatic heterocycles. The Bertz CT molecular complexity index is 2420. The Hall–Kier alpha value is -6.06. The molecule has 5 amide bonds. The number of rotatable bonds is 10. The summed E-state index contributed by atoms with van der Waals surface area (Å²) in [4.78, 5) is 84.2. The van der Waals surface area contributed by atoms with Gasteiger partial charge in [0.15, 0.2) is 5.69 Å². The van der Waals surface area contributed by atoms with Crippen LogP contribution in [0.5, 0.6) is 0 Å². The van der Waals surface area contributed by atoms with Gasteiger partial charge in [0.2, 0.25) is 17.7 Å². The maximum absolute atomic E-state index is 13.5. The average molecular weight is 923 g/mol. The van der Waals surface area contributed by atoms with Gasteiger partial charge in [-0.1, -0.05) is 6.07 Å². The van der Waals surface area contributed by atoms with Gasteiger partial charge in [0.05, 0.1) is 35.1 Å². The maximum Gasteiger partial charge on any atom is 0.407 e. The molecule has 6 aliphatic heterocycles. The van der Waals surface area contributed by atoms with Crippen molar-refractivity contribution in [3.05, 3.63) is 82.8 Å². The highest BCUT2D eigenvalue weighted by molar-refractivity contribution is 6.23. The summed E-state index contributed by atoms with van der Waals surface area (Å²) in [7, 11) is 0. The Morgan fingerprint density at radius 2 is 1.37 bits per heavy atom. The van der Waals surface area contributed by atoms with E-state index in [1.54, 1.807) is 12.1 Å². The van der Waals surface area contributed by atoms with Gasteiger partial charge in [0, 0.05) is 102 Å². The van der Waals surface area contributed by atoms with Gasteiger partial charge in [-0.3, -0.25) is 39.1 Å². The van der Waals surface area contributed by atoms with Crippen molar-refractivity contribution in [2.45, 2.75) is 76.6 Å². The van der Waals surface area contributed by atoms with E-state index < -0.39 is 47.1 Å². The van der Waals surface area contributed by atoms with Gasteiger partial charge in [0.1, 0.15) is 11.9 Å². The van der Waals surface area contributed by atoms with Gasteiger partial charge >= 0.3 is 6.18 Å². The number of piperidine rings is 4. The standard InChI is InChI=1S/C49H57F3N10O5/c1-31-28-57(23-24-61(31)30-33-13-17-58(18-14-33)35-3-6-38-39(25-35)48(67)62(47(38)66)42-8-10-44(63)56-46(42)65)29-32-11-19-60(20-12-32)37-5-9-43(54-27-37)55-45(64)34-15-21-59(22-16-34)36-4-7-41(53-2)40(26-36)49(50,51)52/h3-7,9,25-27,31-34,42H,8,10-24,28-30H2,1H3,(H,54,55,64)(H,56,63,65)/t31-,42?/m1/s1. The molecule has 0 radical (unpaired) electrons. The second-order valence-corrected chi connectivity index (χ2v) is 19.1. The molecular weight excluding hydrogens is 866 g/mol. The van der Waals surface area contributed by atoms with E-state index in [9.17, 15) is 37.1 Å². The molecule has 5 saturated heterocycles. The second kappa shape index (κ2) is 19.3. The number of benzene rings is 2. The quantitative estimate of drug-likeness (QED) is 0.181. The zero-order chi connectivity index (χ0) is 47.0. The molecule has 354 valence electrons. The number of pyridine rings is 1. The number of carbonyl (C=O) groups is 5. The first-order valence-corrected chi connectivity index (χ1v) is 23.6. The molecule has 0 spiro atoms. The molecular formula is C49H57F3N10O5. The summed E-state index contributed by atoms with van der Waals surface area (Å²) in [6.07, 6.45) is 2.68. The molecule has 2 N–H and O–H groups in total. The lowest BCUT2D eigenvalue weighted by Gasteiger charge is -2.44. The number of anilines is 4. The Morgan fingerprint density at radius 1 is 0.761 bits per heavy atom. The molecule has 5 fully saturated rings. The van der Waals surface area contributed by atoms with E-state index in [0.717, 1.165) is 107 Å². The first-order chi connectivity index (χ1) is 32.2. The third-order valence-corrected chi connectivity index (χ3v) is 14.9. The zero-order valence-corrected chi connectivity index (χ0v) is 37.8. The molecule has 6 aliphatic rings. The zero-order valence-electron chi connectivity index (χ0n) is 37.8. The minimum atomic E-state index is -4.61. The first-order valence-electron chi connectivity index (χ1n) is 23.6. The van der Waals surface area contributed by atoms with Crippen LogP contribution >= 0.6 is 0 Å². The van der Waals surface area contributed by atoms with E-state index >= 15 is 0 Å². The third kappa shape index (κ3) is 9.99. The van der Waals surface area contributed by atoms with Gasteiger partial charge in [-0.2, -0.15) is 13.2 Å². The lowest BCUT2D eigenvalue weighted by molar-refractivity contribution is -0.137. The lowest BCUT2D eigenvalue weighted by Crippen LogP contribution is -2.54. The molecule has 0 aliphatic carbocycles. The number of hydrogen-bond donors (Lipinski definition) is 2. The highest BCUT2D eigenvalue weighted by Crippen LogP contribution is 2.40. The Balaban J connectivity index is 0.672. The Kier molecular flexibility index (Phi) is 13.3. The predicted octanol–water partition coefficient (Wildman–Crippen LogP) is 6.05. The summed E-state index contributed by atoms with van der Waals surface area (Å²) in [6, 6.07) is 12.5. The smallest absolute Gasteiger partial charge is 0.372 e. The van der Waals surface area contributed by atoms with E-state index in [1.807, 2.05) is 29.3 Å². The largest absolute Gasteiger partial charge is 0.407 e. The number of halogens is 3. The number of imide groups is 2. The van der Waals surface area contributed by atoms with Crippen molar-refractivity contribution < 1.29 is 37.1 Å². The highest BCUT2D eigenvalue weighted by atomic mass is 19.4. The molecule has 0 bridgehead atoms. The number of fused-ring (bicyclic) bond motifs is 1. The van der Waals surface area contributed by atoms with Crippen molar-refractivity contribution in [2.75, 3.05) is 92.0 Å². The van der Waals surface area contributed by atoms with Crippen LogP contribution in [0.3, 0.4) is 0 Å². The van der Waals surface area contributed by atoms with Crippen LogP contribution in [0, 0.1) is 24.3 Å². The number of hydrogen-bond acceptors (Lipinski definition) is 11. The van der Waals surface area contributed by atoms with Crippen LogP contribution in [0.4, 0.5) is 41.7 Å². The van der Waals surface area contributed by atoms with Crippen LogP contribution in [0.1, 0.15) is 84.6 Å². The summed E-state index contributed by atoms with van der Waals surface area (Å²) in [5.41, 5.74) is 1.58. The highest BCUT2D eigenvalue weighted by Gasteiger charge is 2.45.